The van der Waals surface area contributed by atoms with Crippen molar-refractivity contribution >= 4 is 5.91 Å². The molecule has 17 heavy (non-hydrogen) atoms. The molecule has 1 saturated carbocycles. The van der Waals surface area contributed by atoms with Crippen LogP contribution in [-0.2, 0) is 6.42 Å². The van der Waals surface area contributed by atoms with E-state index in [0.29, 0.717) is 11.8 Å². The molecule has 2 atom stereocenters. The summed E-state index contributed by atoms with van der Waals surface area (Å²) in [6, 6.07) is 2.37. The van der Waals surface area contributed by atoms with E-state index in [2.05, 4.69) is 6.92 Å². The van der Waals surface area contributed by atoms with Gasteiger partial charge in [0.15, 0.2) is 5.76 Å². The highest BCUT2D eigenvalue weighted by Crippen LogP contribution is 2.38. The highest BCUT2D eigenvalue weighted by atomic mass is 16.4. The summed E-state index contributed by atoms with van der Waals surface area (Å²) in [6.07, 6.45) is 4.53. The van der Waals surface area contributed by atoms with E-state index < -0.39 is 0 Å². The maximum absolute atomic E-state index is 12.4. The maximum Gasteiger partial charge on any atom is 0.289 e. The lowest BCUT2D eigenvalue weighted by atomic mass is 10.1. The molecule has 1 aliphatic heterocycles. The highest BCUT2D eigenvalue weighted by molar-refractivity contribution is 5.92. The van der Waals surface area contributed by atoms with Crippen molar-refractivity contribution in [2.24, 2.45) is 5.92 Å². The van der Waals surface area contributed by atoms with Gasteiger partial charge in [0.2, 0.25) is 0 Å². The van der Waals surface area contributed by atoms with E-state index >= 15 is 0 Å². The van der Waals surface area contributed by atoms with Crippen LogP contribution >= 0.6 is 0 Å². The van der Waals surface area contributed by atoms with Crippen LogP contribution in [-0.4, -0.2) is 23.4 Å². The lowest BCUT2D eigenvalue weighted by Gasteiger charge is -2.25. The minimum Gasteiger partial charge on any atom is -0.456 e. The topological polar surface area (TPSA) is 33.5 Å². The van der Waals surface area contributed by atoms with E-state index in [1.54, 1.807) is 0 Å². The van der Waals surface area contributed by atoms with Gasteiger partial charge >= 0.3 is 0 Å². The normalized spacial score (nSPS) is 26.8. The van der Waals surface area contributed by atoms with Crippen LogP contribution in [0.2, 0.25) is 0 Å². The Balaban J connectivity index is 1.81. The smallest absolute Gasteiger partial charge is 0.289 e. The molecule has 1 aliphatic carbocycles. The monoisotopic (exact) mass is 233 g/mol. The Kier molecular flexibility index (Phi) is 2.49. The van der Waals surface area contributed by atoms with Crippen molar-refractivity contribution in [3.05, 3.63) is 23.2 Å². The molecule has 2 heterocycles. The van der Waals surface area contributed by atoms with Crippen molar-refractivity contribution in [1.82, 2.24) is 4.90 Å². The zero-order chi connectivity index (χ0) is 12.0. The fourth-order valence-corrected chi connectivity index (χ4v) is 3.29. The van der Waals surface area contributed by atoms with Gasteiger partial charge in [-0.2, -0.15) is 0 Å². The van der Waals surface area contributed by atoms with Gasteiger partial charge in [-0.05, 0) is 43.7 Å². The van der Waals surface area contributed by atoms with Gasteiger partial charge in [-0.1, -0.05) is 6.92 Å². The molecule has 3 nitrogen and oxygen atoms in total. The molecule has 0 spiro atoms. The summed E-state index contributed by atoms with van der Waals surface area (Å²) in [4.78, 5) is 14.4. The van der Waals surface area contributed by atoms with Crippen LogP contribution in [0.15, 0.2) is 10.5 Å². The van der Waals surface area contributed by atoms with Crippen LogP contribution in [0.4, 0.5) is 0 Å². The zero-order valence-electron chi connectivity index (χ0n) is 10.5. The summed E-state index contributed by atoms with van der Waals surface area (Å²) in [5.41, 5.74) is 1.10. The fourth-order valence-electron chi connectivity index (χ4n) is 3.29. The van der Waals surface area contributed by atoms with Gasteiger partial charge in [0.25, 0.3) is 5.91 Å². The number of amides is 1. The first-order chi connectivity index (χ1) is 8.19. The molecular formula is C14H19NO2. The van der Waals surface area contributed by atoms with Gasteiger partial charge in [0.1, 0.15) is 5.76 Å². The number of piperidine rings is 1. The van der Waals surface area contributed by atoms with Crippen molar-refractivity contribution in [3.8, 4) is 0 Å². The number of aryl methyl sites for hydroxylation is 2. The number of nitrogens with zero attached hydrogens (tertiary/aromatic N) is 1. The lowest BCUT2D eigenvalue weighted by molar-refractivity contribution is 0.0669. The van der Waals surface area contributed by atoms with Crippen molar-refractivity contribution in [2.75, 3.05) is 6.54 Å². The third-order valence-electron chi connectivity index (χ3n) is 4.22. The Morgan fingerprint density at radius 1 is 1.53 bits per heavy atom. The number of carbonyl (C=O) groups excluding carboxylic acids is 1. The molecule has 1 saturated heterocycles. The number of hydrogen-bond acceptors (Lipinski definition) is 2. The Hall–Kier alpha value is -1.25. The Morgan fingerprint density at radius 3 is 2.88 bits per heavy atom. The Morgan fingerprint density at radius 2 is 2.35 bits per heavy atom. The molecule has 2 fully saturated rings. The SMILES string of the molecule is CCc1oc(C(=O)N2CC3CCC2C3)cc1C. The number of hydrogen-bond donors (Lipinski definition) is 0. The molecule has 1 aromatic heterocycles. The van der Waals surface area contributed by atoms with Crippen LogP contribution in [0.25, 0.3) is 0 Å². The second kappa shape index (κ2) is 3.90. The molecule has 2 unspecified atom stereocenters. The number of carbonyl (C=O) groups is 1. The number of likely N-dealkylation sites (tertiary alicyclic amines) is 1. The van der Waals surface area contributed by atoms with Crippen molar-refractivity contribution < 1.29 is 9.21 Å². The van der Waals surface area contributed by atoms with E-state index in [1.807, 2.05) is 17.9 Å². The number of fused-ring (bicyclic) bond motifs is 2. The molecule has 0 N–H and O–H groups in total. The summed E-state index contributed by atoms with van der Waals surface area (Å²) >= 11 is 0. The standard InChI is InChI=1S/C14H19NO2/c1-3-12-9(2)6-13(17-12)14(16)15-8-10-4-5-11(15)7-10/h6,10-11H,3-5,7-8H2,1-2H3. The quantitative estimate of drug-likeness (QED) is 0.787. The molecule has 3 rings (SSSR count). The summed E-state index contributed by atoms with van der Waals surface area (Å²) in [6.45, 7) is 5.00. The predicted molar refractivity (Wildman–Crippen MR) is 65.0 cm³/mol. The first kappa shape index (κ1) is 10.9. The zero-order valence-corrected chi connectivity index (χ0v) is 10.5. The molecule has 3 heteroatoms. The van der Waals surface area contributed by atoms with Gasteiger partial charge in [0.05, 0.1) is 0 Å². The second-order valence-corrected chi connectivity index (χ2v) is 5.36. The third-order valence-corrected chi connectivity index (χ3v) is 4.22. The molecule has 2 aliphatic rings. The Labute approximate surface area is 102 Å². The number of rotatable bonds is 2. The first-order valence-corrected chi connectivity index (χ1v) is 6.59. The maximum atomic E-state index is 12.4. The van der Waals surface area contributed by atoms with Gasteiger partial charge < -0.3 is 9.32 Å². The second-order valence-electron chi connectivity index (χ2n) is 5.36. The van der Waals surface area contributed by atoms with E-state index in [0.717, 1.165) is 30.2 Å². The molecular weight excluding hydrogens is 214 g/mol. The molecule has 2 bridgehead atoms. The highest BCUT2D eigenvalue weighted by Gasteiger charge is 2.41. The van der Waals surface area contributed by atoms with Crippen LogP contribution in [0, 0.1) is 12.8 Å². The minimum absolute atomic E-state index is 0.0972. The summed E-state index contributed by atoms with van der Waals surface area (Å²) in [5, 5.41) is 0. The van der Waals surface area contributed by atoms with Crippen LogP contribution in [0.1, 0.15) is 48.1 Å². The van der Waals surface area contributed by atoms with Crippen molar-refractivity contribution in [1.29, 1.82) is 0 Å². The van der Waals surface area contributed by atoms with E-state index in [1.165, 1.54) is 19.3 Å². The van der Waals surface area contributed by atoms with E-state index in [4.69, 9.17) is 4.42 Å². The molecule has 1 amide bonds. The van der Waals surface area contributed by atoms with Crippen molar-refractivity contribution in [2.45, 2.75) is 45.6 Å². The number of furan rings is 1. The largest absolute Gasteiger partial charge is 0.456 e. The molecule has 0 aromatic carbocycles. The summed E-state index contributed by atoms with van der Waals surface area (Å²) in [7, 11) is 0. The van der Waals surface area contributed by atoms with Crippen molar-refractivity contribution in [3.63, 3.8) is 0 Å². The van der Waals surface area contributed by atoms with Gasteiger partial charge in [-0.3, -0.25) is 4.79 Å². The summed E-state index contributed by atoms with van der Waals surface area (Å²) < 4.78 is 5.65. The molecule has 0 radical (unpaired) electrons. The lowest BCUT2D eigenvalue weighted by Crippen LogP contribution is -2.37. The average Bonchev–Trinajstić information content (AvgIpc) is 3.01. The first-order valence-electron chi connectivity index (χ1n) is 6.59. The molecule has 1 aromatic rings. The predicted octanol–water partition coefficient (Wildman–Crippen LogP) is 2.77. The molecule has 92 valence electrons. The van der Waals surface area contributed by atoms with Crippen LogP contribution in [0.5, 0.6) is 0 Å². The van der Waals surface area contributed by atoms with E-state index in [-0.39, 0.29) is 5.91 Å². The van der Waals surface area contributed by atoms with Gasteiger partial charge in [0, 0.05) is 19.0 Å². The van der Waals surface area contributed by atoms with Crippen LogP contribution < -0.4 is 0 Å². The van der Waals surface area contributed by atoms with Gasteiger partial charge in [-0.25, -0.2) is 0 Å². The van der Waals surface area contributed by atoms with E-state index in [9.17, 15) is 4.79 Å². The van der Waals surface area contributed by atoms with Gasteiger partial charge in [-0.15, -0.1) is 0 Å². The third kappa shape index (κ3) is 1.68. The van der Waals surface area contributed by atoms with Crippen LogP contribution in [0.3, 0.4) is 0 Å². The minimum atomic E-state index is 0.0972. The Bertz CT molecular complexity index is 449. The fraction of sp³-hybridized carbons (Fsp3) is 0.643. The summed E-state index contributed by atoms with van der Waals surface area (Å²) in [5.74, 6) is 2.32. The average molecular weight is 233 g/mol.